The van der Waals surface area contributed by atoms with E-state index in [2.05, 4.69) is 23.1 Å². The van der Waals surface area contributed by atoms with E-state index < -0.39 is 11.6 Å². The van der Waals surface area contributed by atoms with Crippen LogP contribution < -0.4 is 0 Å². The third-order valence-corrected chi connectivity index (χ3v) is 4.31. The molecule has 1 rings (SSSR count). The Balaban J connectivity index is 2.62. The van der Waals surface area contributed by atoms with Gasteiger partial charge in [-0.3, -0.25) is 4.79 Å². The SMILES string of the molecule is CCCCCCC1(C)C(=O)N(Cl)C(=O)N1Br. The van der Waals surface area contributed by atoms with E-state index in [0.717, 1.165) is 25.7 Å². The van der Waals surface area contributed by atoms with Crippen molar-refractivity contribution in [1.82, 2.24) is 8.34 Å². The minimum absolute atomic E-state index is 0.354. The molecule has 0 radical (unpaired) electrons. The second kappa shape index (κ2) is 5.36. The first-order valence-corrected chi connectivity index (χ1v) is 6.50. The molecule has 0 aromatic rings. The van der Waals surface area contributed by atoms with Crippen LogP contribution in [0.25, 0.3) is 0 Å². The van der Waals surface area contributed by atoms with Gasteiger partial charge in [0.05, 0.1) is 16.1 Å². The lowest BCUT2D eigenvalue weighted by Crippen LogP contribution is -2.41. The van der Waals surface area contributed by atoms with Crippen LogP contribution in [-0.2, 0) is 4.79 Å². The number of amides is 3. The summed E-state index contributed by atoms with van der Waals surface area (Å²) in [5.74, 6) is -0.354. The lowest BCUT2D eigenvalue weighted by molar-refractivity contribution is -0.128. The van der Waals surface area contributed by atoms with Crippen LogP contribution in [-0.4, -0.2) is 25.8 Å². The molecule has 6 heteroatoms. The fourth-order valence-electron chi connectivity index (χ4n) is 1.77. The van der Waals surface area contributed by atoms with E-state index in [9.17, 15) is 9.59 Å². The average molecular weight is 312 g/mol. The maximum Gasteiger partial charge on any atom is 0.352 e. The first-order valence-electron chi connectivity index (χ1n) is 5.45. The number of hydrogen-bond donors (Lipinski definition) is 0. The van der Waals surface area contributed by atoms with Gasteiger partial charge in [-0.25, -0.2) is 8.72 Å². The van der Waals surface area contributed by atoms with Crippen molar-refractivity contribution < 1.29 is 9.59 Å². The molecular formula is C10H16BrClN2O2. The predicted octanol–water partition coefficient (Wildman–Crippen LogP) is 3.44. The Morgan fingerprint density at radius 2 is 1.94 bits per heavy atom. The normalized spacial score (nSPS) is 25.8. The first-order chi connectivity index (χ1) is 7.45. The smallest absolute Gasteiger partial charge is 0.270 e. The summed E-state index contributed by atoms with van der Waals surface area (Å²) in [6, 6.07) is -0.510. The summed E-state index contributed by atoms with van der Waals surface area (Å²) < 4.78 is 1.90. The molecule has 1 fully saturated rings. The van der Waals surface area contributed by atoms with Crippen LogP contribution in [0.5, 0.6) is 0 Å². The van der Waals surface area contributed by atoms with E-state index >= 15 is 0 Å². The molecule has 92 valence electrons. The summed E-state index contributed by atoms with van der Waals surface area (Å²) >= 11 is 8.71. The zero-order chi connectivity index (χ0) is 12.3. The zero-order valence-corrected chi connectivity index (χ0v) is 11.8. The van der Waals surface area contributed by atoms with E-state index in [0.29, 0.717) is 10.8 Å². The van der Waals surface area contributed by atoms with Gasteiger partial charge >= 0.3 is 6.03 Å². The van der Waals surface area contributed by atoms with Gasteiger partial charge in [0, 0.05) is 11.8 Å². The molecule has 0 bridgehead atoms. The Hall–Kier alpha value is -0.290. The average Bonchev–Trinajstić information content (AvgIpc) is 2.42. The van der Waals surface area contributed by atoms with E-state index in [1.54, 1.807) is 6.92 Å². The monoisotopic (exact) mass is 310 g/mol. The van der Waals surface area contributed by atoms with Gasteiger partial charge in [-0.2, -0.15) is 4.42 Å². The van der Waals surface area contributed by atoms with Gasteiger partial charge in [-0.1, -0.05) is 32.6 Å². The number of urea groups is 1. The van der Waals surface area contributed by atoms with E-state index in [-0.39, 0.29) is 5.91 Å². The van der Waals surface area contributed by atoms with Gasteiger partial charge in [0.1, 0.15) is 5.54 Å². The number of imide groups is 1. The van der Waals surface area contributed by atoms with Crippen molar-refractivity contribution in [3.05, 3.63) is 0 Å². The number of carbonyl (C=O) groups excluding carboxylic acids is 2. The molecule has 1 aliphatic heterocycles. The summed E-state index contributed by atoms with van der Waals surface area (Å²) in [7, 11) is 0. The van der Waals surface area contributed by atoms with Crippen molar-refractivity contribution in [2.45, 2.75) is 51.5 Å². The molecule has 4 nitrogen and oxygen atoms in total. The molecule has 1 aliphatic rings. The number of hydrogen-bond acceptors (Lipinski definition) is 2. The number of halogens is 2. The van der Waals surface area contributed by atoms with Crippen LogP contribution in [0.1, 0.15) is 46.0 Å². The van der Waals surface area contributed by atoms with Gasteiger partial charge in [-0.15, -0.1) is 0 Å². The minimum atomic E-state index is -0.841. The highest BCUT2D eigenvalue weighted by Crippen LogP contribution is 2.36. The molecule has 3 amide bonds. The molecule has 16 heavy (non-hydrogen) atoms. The molecule has 1 saturated heterocycles. The number of rotatable bonds is 5. The molecule has 0 aliphatic carbocycles. The predicted molar refractivity (Wildman–Crippen MR) is 66.0 cm³/mol. The molecule has 0 aromatic carbocycles. The fraction of sp³-hybridized carbons (Fsp3) is 0.800. The largest absolute Gasteiger partial charge is 0.352 e. The second-order valence-electron chi connectivity index (χ2n) is 4.23. The first kappa shape index (κ1) is 13.8. The number of nitrogens with zero attached hydrogens (tertiary/aromatic N) is 2. The molecular weight excluding hydrogens is 295 g/mol. The van der Waals surface area contributed by atoms with Crippen LogP contribution in [0.2, 0.25) is 0 Å². The summed E-state index contributed by atoms with van der Waals surface area (Å²) in [6.07, 6.45) is 4.90. The minimum Gasteiger partial charge on any atom is -0.270 e. The van der Waals surface area contributed by atoms with Gasteiger partial charge in [0.25, 0.3) is 5.91 Å². The quantitative estimate of drug-likeness (QED) is 0.443. The highest BCUT2D eigenvalue weighted by atomic mass is 79.9. The highest BCUT2D eigenvalue weighted by Gasteiger charge is 2.53. The Bertz CT molecular complexity index is 301. The number of carbonyl (C=O) groups is 2. The Labute approximate surface area is 109 Å². The zero-order valence-electron chi connectivity index (χ0n) is 9.50. The van der Waals surface area contributed by atoms with Crippen LogP contribution in [0, 0.1) is 0 Å². The lowest BCUT2D eigenvalue weighted by atomic mass is 9.94. The van der Waals surface area contributed by atoms with Crippen molar-refractivity contribution in [1.29, 1.82) is 0 Å². The van der Waals surface area contributed by atoms with Crippen molar-refractivity contribution in [2.75, 3.05) is 0 Å². The van der Waals surface area contributed by atoms with Gasteiger partial charge < -0.3 is 0 Å². The molecule has 1 atom stereocenters. The summed E-state index contributed by atoms with van der Waals surface area (Å²) in [4.78, 5) is 23.3. The molecule has 0 N–H and O–H groups in total. The molecule has 0 spiro atoms. The van der Waals surface area contributed by atoms with Crippen molar-refractivity contribution in [2.24, 2.45) is 0 Å². The maximum atomic E-state index is 11.8. The van der Waals surface area contributed by atoms with Crippen LogP contribution in [0.3, 0.4) is 0 Å². The van der Waals surface area contributed by atoms with Crippen molar-refractivity contribution in [3.8, 4) is 0 Å². The van der Waals surface area contributed by atoms with Gasteiger partial charge in [0.2, 0.25) is 0 Å². The lowest BCUT2D eigenvalue weighted by Gasteiger charge is -2.25. The van der Waals surface area contributed by atoms with Crippen LogP contribution in [0.4, 0.5) is 4.79 Å². The third kappa shape index (κ3) is 2.35. The Kier molecular flexibility index (Phi) is 4.62. The second-order valence-corrected chi connectivity index (χ2v) is 5.28. The Morgan fingerprint density at radius 3 is 2.38 bits per heavy atom. The van der Waals surface area contributed by atoms with Crippen molar-refractivity contribution >= 4 is 39.9 Å². The molecule has 1 unspecified atom stereocenters. The van der Waals surface area contributed by atoms with E-state index in [1.807, 2.05) is 0 Å². The topological polar surface area (TPSA) is 40.6 Å². The van der Waals surface area contributed by atoms with Gasteiger partial charge in [-0.05, 0) is 13.3 Å². The Morgan fingerprint density at radius 1 is 1.31 bits per heavy atom. The van der Waals surface area contributed by atoms with Gasteiger partial charge in [0.15, 0.2) is 0 Å². The molecule has 1 heterocycles. The van der Waals surface area contributed by atoms with Crippen LogP contribution in [0.15, 0.2) is 0 Å². The van der Waals surface area contributed by atoms with Crippen molar-refractivity contribution in [3.63, 3.8) is 0 Å². The molecule has 0 saturated carbocycles. The van der Waals surface area contributed by atoms with E-state index in [1.165, 1.54) is 3.93 Å². The molecule has 0 aromatic heterocycles. The maximum absolute atomic E-state index is 11.8. The number of unbranched alkanes of at least 4 members (excludes halogenated alkanes) is 3. The standard InChI is InChI=1S/C10H16BrClN2O2/c1-3-4-5-6-7-10(2)8(15)13(12)9(16)14(10)11/h3-7H2,1-2H3. The third-order valence-electron chi connectivity index (χ3n) is 2.93. The summed E-state index contributed by atoms with van der Waals surface area (Å²) in [5.41, 5.74) is -0.841. The summed E-state index contributed by atoms with van der Waals surface area (Å²) in [6.45, 7) is 3.86. The summed E-state index contributed by atoms with van der Waals surface area (Å²) in [5, 5.41) is 0. The highest BCUT2D eigenvalue weighted by molar-refractivity contribution is 9.07. The van der Waals surface area contributed by atoms with E-state index in [4.69, 9.17) is 11.8 Å². The van der Waals surface area contributed by atoms with Crippen LogP contribution >= 0.6 is 27.9 Å². The fourth-order valence-corrected chi connectivity index (χ4v) is 2.61.